The topological polar surface area (TPSA) is 171 Å². The number of rotatable bonds is 19. The van der Waals surface area contributed by atoms with Gasteiger partial charge in [0.2, 0.25) is 11.6 Å². The zero-order valence-electron chi connectivity index (χ0n) is 39.5. The van der Waals surface area contributed by atoms with E-state index in [9.17, 15) is 63.4 Å². The Balaban J connectivity index is 1.15. The molecule has 2 unspecified atom stereocenters. The molecule has 2 atom stereocenters. The zero-order valence-corrected chi connectivity index (χ0v) is 40.4. The van der Waals surface area contributed by atoms with Crippen LogP contribution in [-0.4, -0.2) is 59.3 Å². The predicted molar refractivity (Wildman–Crippen MR) is 246 cm³/mol. The number of halogens is 10. The summed E-state index contributed by atoms with van der Waals surface area (Å²) in [6.07, 6.45) is 1.23. The van der Waals surface area contributed by atoms with Crippen molar-refractivity contribution in [3.8, 4) is 17.6 Å². The second-order valence-electron chi connectivity index (χ2n) is 17.3. The van der Waals surface area contributed by atoms with Gasteiger partial charge in [0.1, 0.15) is 22.6 Å². The van der Waals surface area contributed by atoms with Gasteiger partial charge in [-0.05, 0) is 76.9 Å². The molecule has 0 saturated heterocycles. The SMILES string of the molecule is CC(C)N(C(C)C)P(OCCC#N)OCCCCCCNC(=O)c1ccc2c(c1)C1(OC2O)c2ccc(NC(=O)c3c(F)c(F)c(F)c(F)c3F)cc2Oc2cc(NC(=O)c3c(F)c(F)c(F)c(F)c3F)ccc21. The number of aliphatic hydroxyl groups excluding tert-OH is 1. The number of ether oxygens (including phenoxy) is 2. The van der Waals surface area contributed by atoms with Crippen LogP contribution in [0.4, 0.5) is 55.3 Å². The fourth-order valence-electron chi connectivity index (χ4n) is 8.48. The Bertz CT molecular complexity index is 2870. The molecule has 3 amide bonds. The number of unbranched alkanes of at least 4 members (excludes halogenated alkanes) is 3. The molecule has 5 aromatic rings. The number of nitriles is 1. The van der Waals surface area contributed by atoms with E-state index in [0.29, 0.717) is 25.9 Å². The largest absolute Gasteiger partial charge is 0.456 e. The second-order valence-corrected chi connectivity index (χ2v) is 18.8. The zero-order chi connectivity index (χ0) is 53.9. The van der Waals surface area contributed by atoms with Crippen LogP contribution in [0, 0.1) is 69.5 Å². The number of aliphatic hydroxyl groups is 1. The van der Waals surface area contributed by atoms with E-state index in [1.54, 1.807) is 0 Å². The van der Waals surface area contributed by atoms with Crippen molar-refractivity contribution in [2.45, 2.75) is 83.8 Å². The summed E-state index contributed by atoms with van der Waals surface area (Å²) in [5.41, 5.74) is -6.00. The van der Waals surface area contributed by atoms with Gasteiger partial charge in [-0.2, -0.15) is 5.26 Å². The van der Waals surface area contributed by atoms with Gasteiger partial charge in [0.25, 0.3) is 26.2 Å². The van der Waals surface area contributed by atoms with Crippen molar-refractivity contribution >= 4 is 37.6 Å². The minimum Gasteiger partial charge on any atom is -0.456 e. The van der Waals surface area contributed by atoms with Gasteiger partial charge in [-0.1, -0.05) is 18.9 Å². The fourth-order valence-corrected chi connectivity index (χ4v) is 10.1. The molecule has 74 heavy (non-hydrogen) atoms. The third kappa shape index (κ3) is 10.6. The number of anilines is 2. The van der Waals surface area contributed by atoms with Crippen molar-refractivity contribution in [1.82, 2.24) is 9.99 Å². The van der Waals surface area contributed by atoms with Crippen LogP contribution in [0.3, 0.4) is 0 Å². The summed E-state index contributed by atoms with van der Waals surface area (Å²) in [5, 5.41) is 27.3. The van der Waals surface area contributed by atoms with E-state index in [2.05, 4.69) is 16.1 Å². The van der Waals surface area contributed by atoms with E-state index in [1.165, 1.54) is 30.3 Å². The third-order valence-electron chi connectivity index (χ3n) is 11.8. The molecule has 0 fully saturated rings. The van der Waals surface area contributed by atoms with Crippen LogP contribution in [0.5, 0.6) is 11.5 Å². The number of fused-ring (bicyclic) bond motifs is 6. The lowest BCUT2D eigenvalue weighted by molar-refractivity contribution is -0.142. The van der Waals surface area contributed by atoms with Crippen molar-refractivity contribution in [3.63, 3.8) is 0 Å². The molecule has 2 aliphatic rings. The van der Waals surface area contributed by atoms with Gasteiger partial charge >= 0.3 is 0 Å². The van der Waals surface area contributed by atoms with Gasteiger partial charge in [0.05, 0.1) is 25.7 Å². The molecule has 2 aliphatic heterocycles. The Morgan fingerprint density at radius 2 is 1.12 bits per heavy atom. The molecule has 24 heteroatoms. The number of hydrogen-bond donors (Lipinski definition) is 4. The highest BCUT2D eigenvalue weighted by Gasteiger charge is 2.53. The maximum atomic E-state index is 14.6. The van der Waals surface area contributed by atoms with E-state index < -0.39 is 107 Å². The minimum atomic E-state index is -2.51. The molecule has 4 N–H and O–H groups in total. The Kier molecular flexibility index (Phi) is 17.0. The lowest BCUT2D eigenvalue weighted by Crippen LogP contribution is -2.33. The molecule has 0 aromatic heterocycles. The van der Waals surface area contributed by atoms with Crippen molar-refractivity contribution in [2.75, 3.05) is 30.4 Å². The highest BCUT2D eigenvalue weighted by Crippen LogP contribution is 2.59. The quantitative estimate of drug-likeness (QED) is 0.0205. The normalized spacial score (nSPS) is 14.6. The van der Waals surface area contributed by atoms with Crippen molar-refractivity contribution in [3.05, 3.63) is 152 Å². The number of nitrogens with zero attached hydrogens (tertiary/aromatic N) is 2. The Morgan fingerprint density at radius 1 is 0.649 bits per heavy atom. The van der Waals surface area contributed by atoms with Crippen LogP contribution >= 0.6 is 8.53 Å². The van der Waals surface area contributed by atoms with Crippen molar-refractivity contribution in [2.24, 2.45) is 0 Å². The Hall–Kier alpha value is -6.67. The molecule has 13 nitrogen and oxygen atoms in total. The molecule has 392 valence electrons. The van der Waals surface area contributed by atoms with E-state index >= 15 is 0 Å². The molecule has 7 rings (SSSR count). The summed E-state index contributed by atoms with van der Waals surface area (Å²) in [4.78, 5) is 39.9. The van der Waals surface area contributed by atoms with Crippen LogP contribution in [-0.2, 0) is 19.4 Å². The minimum absolute atomic E-state index is 0.0270. The maximum absolute atomic E-state index is 14.6. The van der Waals surface area contributed by atoms with Gasteiger partial charge in [-0.25, -0.2) is 48.6 Å². The maximum Gasteiger partial charge on any atom is 0.261 e. The highest BCUT2D eigenvalue weighted by molar-refractivity contribution is 7.44. The first-order valence-electron chi connectivity index (χ1n) is 22.8. The highest BCUT2D eigenvalue weighted by atomic mass is 31.2. The summed E-state index contributed by atoms with van der Waals surface area (Å²) in [7, 11) is -1.40. The van der Waals surface area contributed by atoms with Crippen molar-refractivity contribution in [1.29, 1.82) is 5.26 Å². The van der Waals surface area contributed by atoms with E-state index in [-0.39, 0.29) is 82.3 Å². The molecule has 0 bridgehead atoms. The van der Waals surface area contributed by atoms with Gasteiger partial charge in [0, 0.05) is 70.0 Å². The number of nitrogens with one attached hydrogen (secondary N) is 3. The van der Waals surface area contributed by atoms with Crippen LogP contribution in [0.25, 0.3) is 0 Å². The van der Waals surface area contributed by atoms with Gasteiger partial charge in [-0.15, -0.1) is 0 Å². The van der Waals surface area contributed by atoms with Gasteiger partial charge in [0.15, 0.2) is 58.4 Å². The summed E-state index contributed by atoms with van der Waals surface area (Å²) in [6.45, 7) is 9.03. The van der Waals surface area contributed by atoms with Crippen LogP contribution < -0.4 is 20.7 Å². The third-order valence-corrected chi connectivity index (χ3v) is 13.9. The first-order chi connectivity index (χ1) is 35.1. The summed E-state index contributed by atoms with van der Waals surface area (Å²) >= 11 is 0. The Morgan fingerprint density at radius 3 is 1.61 bits per heavy atom. The molecule has 0 aliphatic carbocycles. The van der Waals surface area contributed by atoms with E-state index in [0.717, 1.165) is 30.7 Å². The lowest BCUT2D eigenvalue weighted by atomic mass is 9.77. The summed E-state index contributed by atoms with van der Waals surface area (Å²) in [5.74, 6) is -29.0. The molecule has 1 spiro atoms. The monoisotopic (exact) mass is 1060 g/mol. The van der Waals surface area contributed by atoms with E-state index in [1.807, 2.05) is 38.3 Å². The number of carbonyl (C=O) groups excluding carboxylic acids is 3. The Labute approximate surface area is 417 Å². The summed E-state index contributed by atoms with van der Waals surface area (Å²) in [6, 6.07) is 13.4. The second kappa shape index (κ2) is 22.8. The number of amides is 3. The standard InChI is InChI=1S/C50H44F10N5O8P/c1-23(2)65(24(3)4)74(71-19-9-16-61)70-18-8-6-5-7-17-62-46(66)25-10-13-28-31(20-25)50(73-49(28)69)29-14-11-26(63-47(67)34-36(51)40(55)44(59)41(56)37(34)52)21-32(29)72-33-22-27(12-15-30(33)50)64-48(68)35-38(53)42(57)45(60)43(58)39(35)54/h10-15,20-24,49,69H,5-9,17-19H2,1-4H3,(H,62,66)(H,63,67)(H,64,68). The average molecular weight is 1060 g/mol. The van der Waals surface area contributed by atoms with Crippen LogP contribution in [0.2, 0.25) is 0 Å². The van der Waals surface area contributed by atoms with Crippen molar-refractivity contribution < 1.29 is 81.9 Å². The smallest absolute Gasteiger partial charge is 0.261 e. The van der Waals surface area contributed by atoms with Gasteiger partial charge in [-0.3, -0.25) is 14.4 Å². The number of benzene rings is 5. The number of hydrogen-bond acceptors (Lipinski definition) is 10. The lowest BCUT2D eigenvalue weighted by Gasteiger charge is -2.38. The predicted octanol–water partition coefficient (Wildman–Crippen LogP) is 11.6. The molecule has 2 heterocycles. The average Bonchev–Trinajstić information content (AvgIpc) is 3.65. The fraction of sp³-hybridized carbons (Fsp3) is 0.320. The number of carbonyl (C=O) groups is 3. The molecular formula is C50H44F10N5O8P. The van der Waals surface area contributed by atoms with Gasteiger partial charge < -0.3 is 39.6 Å². The molecular weight excluding hydrogens is 1020 g/mol. The molecule has 0 saturated carbocycles. The molecule has 0 radical (unpaired) electrons. The first kappa shape index (κ1) is 55.1. The first-order valence-corrected chi connectivity index (χ1v) is 23.9. The van der Waals surface area contributed by atoms with Crippen LogP contribution in [0.15, 0.2) is 54.6 Å². The van der Waals surface area contributed by atoms with E-state index in [4.69, 9.17) is 23.8 Å². The van der Waals surface area contributed by atoms with Crippen LogP contribution in [0.1, 0.15) is 119 Å². The summed E-state index contributed by atoms with van der Waals surface area (Å²) < 4.78 is 169. The molecule has 5 aromatic carbocycles.